The lowest BCUT2D eigenvalue weighted by Crippen LogP contribution is -2.50. The molecular formula is C14H15Cl2N3O3. The summed E-state index contributed by atoms with van der Waals surface area (Å²) in [4.78, 5) is 27.3. The normalized spacial score (nSPS) is 13.1. The van der Waals surface area contributed by atoms with E-state index in [-0.39, 0.29) is 21.7 Å². The monoisotopic (exact) mass is 343 g/mol. The first-order valence-corrected chi connectivity index (χ1v) is 7.15. The first-order chi connectivity index (χ1) is 10.2. The molecule has 1 atom stereocenters. The summed E-state index contributed by atoms with van der Waals surface area (Å²) in [5.74, 6) is -1.43. The first-order valence-electron chi connectivity index (χ1n) is 6.40. The third-order valence-electron chi connectivity index (χ3n) is 3.15. The Balaban J connectivity index is 2.62. The number of hydrogen-bond donors (Lipinski definition) is 1. The summed E-state index contributed by atoms with van der Waals surface area (Å²) in [6, 6.07) is 3.32. The van der Waals surface area contributed by atoms with Crippen LogP contribution in [0, 0.1) is 17.2 Å². The number of nitriles is 1. The van der Waals surface area contributed by atoms with Gasteiger partial charge >= 0.3 is 5.97 Å². The Morgan fingerprint density at radius 1 is 1.50 bits per heavy atom. The highest BCUT2D eigenvalue weighted by Gasteiger charge is 2.30. The SMILES string of the molecule is CC(C)[C@](C)(C#N)NC(=O)COC(=O)c1cnc(Cl)c(Cl)c1. The maximum Gasteiger partial charge on any atom is 0.340 e. The number of carbonyl (C=O) groups is 2. The van der Waals surface area contributed by atoms with E-state index in [9.17, 15) is 9.59 Å². The van der Waals surface area contributed by atoms with Crippen LogP contribution in [-0.4, -0.2) is 29.0 Å². The van der Waals surface area contributed by atoms with Crippen LogP contribution in [0.2, 0.25) is 10.2 Å². The van der Waals surface area contributed by atoms with Crippen LogP contribution in [0.15, 0.2) is 12.3 Å². The van der Waals surface area contributed by atoms with Gasteiger partial charge < -0.3 is 10.1 Å². The van der Waals surface area contributed by atoms with Crippen LogP contribution in [0.3, 0.4) is 0 Å². The van der Waals surface area contributed by atoms with Crippen LogP contribution in [0.1, 0.15) is 31.1 Å². The highest BCUT2D eigenvalue weighted by Crippen LogP contribution is 2.20. The number of nitrogens with one attached hydrogen (secondary N) is 1. The number of hydrogen-bond acceptors (Lipinski definition) is 5. The molecule has 0 saturated carbocycles. The molecule has 118 valence electrons. The molecule has 0 saturated heterocycles. The summed E-state index contributed by atoms with van der Waals surface area (Å²) in [7, 11) is 0. The average molecular weight is 344 g/mol. The predicted octanol–water partition coefficient (Wildman–Crippen LogP) is 2.60. The first kappa shape index (κ1) is 18.2. The zero-order valence-electron chi connectivity index (χ0n) is 12.3. The van der Waals surface area contributed by atoms with Gasteiger partial charge in [0.05, 0.1) is 16.7 Å². The molecule has 1 heterocycles. The number of pyridine rings is 1. The lowest BCUT2D eigenvalue weighted by molar-refractivity contribution is -0.125. The molecule has 8 heteroatoms. The Hall–Kier alpha value is -1.84. The number of aromatic nitrogens is 1. The summed E-state index contributed by atoms with van der Waals surface area (Å²) in [5, 5.41) is 11.8. The quantitative estimate of drug-likeness (QED) is 0.655. The lowest BCUT2D eigenvalue weighted by Gasteiger charge is -2.27. The fraction of sp³-hybridized carbons (Fsp3) is 0.429. The molecule has 1 aromatic heterocycles. The van der Waals surface area contributed by atoms with Crippen LogP contribution in [0.25, 0.3) is 0 Å². The second-order valence-electron chi connectivity index (χ2n) is 5.09. The largest absolute Gasteiger partial charge is 0.452 e. The second kappa shape index (κ2) is 7.43. The van der Waals surface area contributed by atoms with Crippen molar-refractivity contribution in [1.29, 1.82) is 5.26 Å². The molecule has 1 rings (SSSR count). The van der Waals surface area contributed by atoms with Crippen LogP contribution in [0.4, 0.5) is 0 Å². The summed E-state index contributed by atoms with van der Waals surface area (Å²) < 4.78 is 4.85. The van der Waals surface area contributed by atoms with Gasteiger partial charge in [0, 0.05) is 6.20 Å². The van der Waals surface area contributed by atoms with Crippen LogP contribution >= 0.6 is 23.2 Å². The van der Waals surface area contributed by atoms with E-state index in [0.717, 1.165) is 0 Å². The summed E-state index contributed by atoms with van der Waals surface area (Å²) in [6.07, 6.45) is 1.20. The highest BCUT2D eigenvalue weighted by atomic mass is 35.5. The molecule has 1 N–H and O–H groups in total. The van der Waals surface area contributed by atoms with Crippen molar-refractivity contribution in [3.05, 3.63) is 28.0 Å². The van der Waals surface area contributed by atoms with Gasteiger partial charge in [-0.25, -0.2) is 9.78 Å². The lowest BCUT2D eigenvalue weighted by atomic mass is 9.90. The van der Waals surface area contributed by atoms with E-state index in [1.54, 1.807) is 20.8 Å². The Bertz CT molecular complexity index is 628. The van der Waals surface area contributed by atoms with E-state index in [1.165, 1.54) is 12.3 Å². The number of nitrogens with zero attached hydrogens (tertiary/aromatic N) is 2. The minimum absolute atomic E-state index is 0.0673. The van der Waals surface area contributed by atoms with E-state index in [1.807, 2.05) is 6.07 Å². The number of ether oxygens (including phenoxy) is 1. The average Bonchev–Trinajstić information content (AvgIpc) is 2.47. The Labute approximate surface area is 138 Å². The molecule has 1 amide bonds. The maximum absolute atomic E-state index is 11.8. The van der Waals surface area contributed by atoms with Crippen LogP contribution < -0.4 is 5.32 Å². The fourth-order valence-electron chi connectivity index (χ4n) is 1.37. The number of halogens is 2. The highest BCUT2D eigenvalue weighted by molar-refractivity contribution is 6.41. The smallest absolute Gasteiger partial charge is 0.340 e. The zero-order valence-corrected chi connectivity index (χ0v) is 13.8. The molecule has 22 heavy (non-hydrogen) atoms. The molecule has 6 nitrogen and oxygen atoms in total. The second-order valence-corrected chi connectivity index (χ2v) is 5.86. The molecule has 0 aliphatic rings. The van der Waals surface area contributed by atoms with Crippen molar-refractivity contribution in [3.63, 3.8) is 0 Å². The van der Waals surface area contributed by atoms with Gasteiger partial charge in [-0.2, -0.15) is 5.26 Å². The summed E-state index contributed by atoms with van der Waals surface area (Å²) in [5.41, 5.74) is -0.955. The Morgan fingerprint density at radius 2 is 2.14 bits per heavy atom. The number of esters is 1. The molecule has 0 aliphatic heterocycles. The molecule has 0 aromatic carbocycles. The van der Waals surface area contributed by atoms with Crippen molar-refractivity contribution in [2.75, 3.05) is 6.61 Å². The maximum atomic E-state index is 11.8. The van der Waals surface area contributed by atoms with Crippen molar-refractivity contribution in [3.8, 4) is 6.07 Å². The standard InChI is InChI=1S/C14H15Cl2N3O3/c1-8(2)14(3,7-17)19-11(20)6-22-13(21)9-4-10(15)12(16)18-5-9/h4-5,8H,6H2,1-3H3,(H,19,20)/t14-/m0/s1. The zero-order chi connectivity index (χ0) is 16.9. The van der Waals surface area contributed by atoms with Gasteiger partial charge in [0.2, 0.25) is 0 Å². The van der Waals surface area contributed by atoms with Gasteiger partial charge in [0.25, 0.3) is 5.91 Å². The third-order valence-corrected chi connectivity index (χ3v) is 3.84. The van der Waals surface area contributed by atoms with E-state index in [2.05, 4.69) is 10.3 Å². The topological polar surface area (TPSA) is 92.1 Å². The van der Waals surface area contributed by atoms with Crippen LogP contribution in [-0.2, 0) is 9.53 Å². The molecule has 0 bridgehead atoms. The number of rotatable bonds is 5. The summed E-state index contributed by atoms with van der Waals surface area (Å²) >= 11 is 11.4. The van der Waals surface area contributed by atoms with Crippen molar-refractivity contribution in [2.24, 2.45) is 5.92 Å². The van der Waals surface area contributed by atoms with Crippen molar-refractivity contribution in [2.45, 2.75) is 26.3 Å². The Morgan fingerprint density at radius 3 is 2.64 bits per heavy atom. The van der Waals surface area contributed by atoms with Gasteiger partial charge in [-0.15, -0.1) is 0 Å². The minimum Gasteiger partial charge on any atom is -0.452 e. The predicted molar refractivity (Wildman–Crippen MR) is 81.5 cm³/mol. The molecule has 0 aliphatic carbocycles. The third kappa shape index (κ3) is 4.58. The molecule has 0 radical (unpaired) electrons. The van der Waals surface area contributed by atoms with E-state index >= 15 is 0 Å². The van der Waals surface area contributed by atoms with E-state index in [4.69, 9.17) is 33.2 Å². The van der Waals surface area contributed by atoms with E-state index < -0.39 is 24.0 Å². The number of carbonyl (C=O) groups excluding carboxylic acids is 2. The van der Waals surface area contributed by atoms with E-state index in [0.29, 0.717) is 0 Å². The fourth-order valence-corrected chi connectivity index (χ4v) is 1.64. The van der Waals surface area contributed by atoms with Crippen molar-refractivity contribution in [1.82, 2.24) is 10.3 Å². The van der Waals surface area contributed by atoms with Crippen molar-refractivity contribution < 1.29 is 14.3 Å². The van der Waals surface area contributed by atoms with Gasteiger partial charge in [-0.05, 0) is 18.9 Å². The van der Waals surface area contributed by atoms with Gasteiger partial charge in [0.15, 0.2) is 6.61 Å². The molecule has 0 fully saturated rings. The van der Waals surface area contributed by atoms with Crippen molar-refractivity contribution >= 4 is 35.1 Å². The molecular weight excluding hydrogens is 329 g/mol. The minimum atomic E-state index is -1.03. The van der Waals surface area contributed by atoms with Crippen LogP contribution in [0.5, 0.6) is 0 Å². The van der Waals surface area contributed by atoms with Gasteiger partial charge in [-0.1, -0.05) is 37.0 Å². The van der Waals surface area contributed by atoms with Gasteiger partial charge in [-0.3, -0.25) is 4.79 Å². The Kier molecular flexibility index (Phi) is 6.15. The summed E-state index contributed by atoms with van der Waals surface area (Å²) in [6.45, 7) is 4.69. The molecule has 0 spiro atoms. The number of amides is 1. The molecule has 1 aromatic rings. The van der Waals surface area contributed by atoms with Gasteiger partial charge in [0.1, 0.15) is 10.7 Å². The molecule has 0 unspecified atom stereocenters.